The molecule has 1 aliphatic heterocycles. The predicted molar refractivity (Wildman–Crippen MR) is 111 cm³/mol. The first-order valence-electron chi connectivity index (χ1n) is 9.73. The van der Waals surface area contributed by atoms with Gasteiger partial charge in [0.25, 0.3) is 11.5 Å². The van der Waals surface area contributed by atoms with Gasteiger partial charge in [0.05, 0.1) is 10.9 Å². The highest BCUT2D eigenvalue weighted by atomic mass is 16.2. The van der Waals surface area contributed by atoms with Gasteiger partial charge in [-0.1, -0.05) is 42.5 Å². The van der Waals surface area contributed by atoms with Crippen LogP contribution in [0.15, 0.2) is 59.4 Å². The quantitative estimate of drug-likeness (QED) is 0.395. The number of carbonyl (C=O) groups excluding carboxylic acids is 2. The van der Waals surface area contributed by atoms with Gasteiger partial charge in [0.15, 0.2) is 0 Å². The number of nitrogens with zero attached hydrogens (tertiary/aromatic N) is 1. The SMILES string of the molecule is O=C(CCc1nc2ccccc2c(=O)[nH]1)NNC(=O)C1CC(c2ccccc2)NN1. The molecular weight excluding hydrogens is 384 g/mol. The number of fused-ring (bicyclic) bond motifs is 1. The maximum Gasteiger partial charge on any atom is 0.258 e. The fourth-order valence-corrected chi connectivity index (χ4v) is 3.40. The molecule has 4 rings (SSSR count). The number of aryl methyl sites for hydroxylation is 1. The van der Waals surface area contributed by atoms with Crippen molar-refractivity contribution < 1.29 is 9.59 Å². The van der Waals surface area contributed by atoms with Crippen LogP contribution in [0.2, 0.25) is 0 Å². The van der Waals surface area contributed by atoms with Gasteiger partial charge in [0, 0.05) is 18.9 Å². The number of H-pyrrole nitrogens is 1. The van der Waals surface area contributed by atoms with E-state index in [2.05, 4.69) is 31.7 Å². The van der Waals surface area contributed by atoms with E-state index in [0.29, 0.717) is 23.1 Å². The summed E-state index contributed by atoms with van der Waals surface area (Å²) >= 11 is 0. The number of amides is 2. The lowest BCUT2D eigenvalue weighted by Crippen LogP contribution is -2.50. The van der Waals surface area contributed by atoms with Gasteiger partial charge < -0.3 is 4.98 Å². The Bertz CT molecular complexity index is 1110. The average molecular weight is 406 g/mol. The van der Waals surface area contributed by atoms with Gasteiger partial charge in [0.2, 0.25) is 5.91 Å². The molecule has 154 valence electrons. The number of hydrazine groups is 2. The van der Waals surface area contributed by atoms with Gasteiger partial charge in [-0.3, -0.25) is 25.2 Å². The van der Waals surface area contributed by atoms with Gasteiger partial charge in [-0.05, 0) is 24.1 Å². The summed E-state index contributed by atoms with van der Waals surface area (Å²) in [5.74, 6) is -0.274. The first kappa shape index (κ1) is 19.7. The fraction of sp³-hybridized carbons (Fsp3) is 0.238. The van der Waals surface area contributed by atoms with Crippen LogP contribution in [0.5, 0.6) is 0 Å². The minimum absolute atomic E-state index is 0.0217. The summed E-state index contributed by atoms with van der Waals surface area (Å²) in [6.07, 6.45) is 0.888. The first-order chi connectivity index (χ1) is 14.6. The Kier molecular flexibility index (Phi) is 5.82. The lowest BCUT2D eigenvalue weighted by molar-refractivity contribution is -0.129. The van der Waals surface area contributed by atoms with Crippen LogP contribution in [0.1, 0.15) is 30.3 Å². The standard InChI is InChI=1S/C21H22N6O3/c28-19(11-10-18-22-15-9-5-4-8-14(15)20(29)23-18)26-27-21(30)17-12-16(24-25-17)13-6-2-1-3-7-13/h1-9,16-17,24-25H,10-12H2,(H,26,28)(H,27,30)(H,22,23,29). The van der Waals surface area contributed by atoms with Crippen molar-refractivity contribution in [3.8, 4) is 0 Å². The molecule has 5 N–H and O–H groups in total. The molecule has 3 aromatic rings. The molecule has 1 fully saturated rings. The van der Waals surface area contributed by atoms with Gasteiger partial charge in [-0.15, -0.1) is 0 Å². The second-order valence-electron chi connectivity index (χ2n) is 7.11. The molecule has 2 atom stereocenters. The highest BCUT2D eigenvalue weighted by molar-refractivity contribution is 5.85. The molecule has 0 saturated carbocycles. The third-order valence-electron chi connectivity index (χ3n) is 5.00. The van der Waals surface area contributed by atoms with Crippen LogP contribution >= 0.6 is 0 Å². The van der Waals surface area contributed by atoms with E-state index in [1.165, 1.54) is 0 Å². The number of hydrogen-bond donors (Lipinski definition) is 5. The number of carbonyl (C=O) groups is 2. The maximum absolute atomic E-state index is 12.3. The second kappa shape index (κ2) is 8.85. The van der Waals surface area contributed by atoms with E-state index < -0.39 is 6.04 Å². The Hall–Kier alpha value is -3.56. The van der Waals surface area contributed by atoms with Crippen LogP contribution in [0, 0.1) is 0 Å². The highest BCUT2D eigenvalue weighted by Crippen LogP contribution is 2.21. The summed E-state index contributed by atoms with van der Waals surface area (Å²) in [5, 5.41) is 0.504. The highest BCUT2D eigenvalue weighted by Gasteiger charge is 2.30. The zero-order valence-corrected chi connectivity index (χ0v) is 16.1. The van der Waals surface area contributed by atoms with Crippen molar-refractivity contribution in [2.24, 2.45) is 0 Å². The summed E-state index contributed by atoms with van der Waals surface area (Å²) < 4.78 is 0. The summed E-state index contributed by atoms with van der Waals surface area (Å²) in [6.45, 7) is 0. The molecule has 0 radical (unpaired) electrons. The number of nitrogens with one attached hydrogen (secondary N) is 5. The lowest BCUT2D eigenvalue weighted by Gasteiger charge is -2.11. The number of aromatic nitrogens is 2. The topological polar surface area (TPSA) is 128 Å². The van der Waals surface area contributed by atoms with E-state index in [-0.39, 0.29) is 36.3 Å². The Morgan fingerprint density at radius 1 is 1.00 bits per heavy atom. The van der Waals surface area contributed by atoms with E-state index >= 15 is 0 Å². The molecule has 2 unspecified atom stereocenters. The number of rotatable bonds is 5. The number of hydrogen-bond acceptors (Lipinski definition) is 6. The van der Waals surface area contributed by atoms with Crippen molar-refractivity contribution in [2.45, 2.75) is 31.3 Å². The summed E-state index contributed by atoms with van der Waals surface area (Å²) in [5.41, 5.74) is 12.3. The van der Waals surface area contributed by atoms with Crippen molar-refractivity contribution in [1.29, 1.82) is 0 Å². The largest absolute Gasteiger partial charge is 0.310 e. The molecule has 30 heavy (non-hydrogen) atoms. The van der Waals surface area contributed by atoms with E-state index in [1.807, 2.05) is 30.3 Å². The van der Waals surface area contributed by atoms with E-state index in [9.17, 15) is 14.4 Å². The summed E-state index contributed by atoms with van der Waals surface area (Å²) in [7, 11) is 0. The van der Waals surface area contributed by atoms with Crippen molar-refractivity contribution in [3.05, 3.63) is 76.3 Å². The molecule has 1 aromatic heterocycles. The average Bonchev–Trinajstić information content (AvgIpc) is 3.27. The Balaban J connectivity index is 1.25. The normalized spacial score (nSPS) is 18.3. The molecule has 2 amide bonds. The van der Waals surface area contributed by atoms with Crippen molar-refractivity contribution in [2.75, 3.05) is 0 Å². The predicted octanol–water partition coefficient (Wildman–Crippen LogP) is 0.611. The molecule has 1 aliphatic rings. The Morgan fingerprint density at radius 2 is 1.77 bits per heavy atom. The summed E-state index contributed by atoms with van der Waals surface area (Å²) in [6, 6.07) is 16.4. The Morgan fingerprint density at radius 3 is 2.60 bits per heavy atom. The van der Waals surface area contributed by atoms with Crippen LogP contribution in [0.3, 0.4) is 0 Å². The zero-order valence-electron chi connectivity index (χ0n) is 16.1. The maximum atomic E-state index is 12.3. The third-order valence-corrected chi connectivity index (χ3v) is 5.00. The molecule has 0 bridgehead atoms. The smallest absolute Gasteiger partial charge is 0.258 e. The van der Waals surface area contributed by atoms with Crippen LogP contribution in [-0.2, 0) is 16.0 Å². The number of para-hydroxylation sites is 1. The van der Waals surface area contributed by atoms with Crippen molar-refractivity contribution >= 4 is 22.7 Å². The molecule has 0 aliphatic carbocycles. The third kappa shape index (κ3) is 4.53. The first-order valence-corrected chi connectivity index (χ1v) is 9.73. The van der Waals surface area contributed by atoms with Crippen molar-refractivity contribution in [1.82, 2.24) is 31.7 Å². The molecular formula is C21H22N6O3. The van der Waals surface area contributed by atoms with Gasteiger partial charge in [0.1, 0.15) is 11.9 Å². The van der Waals surface area contributed by atoms with Gasteiger partial charge in [-0.25, -0.2) is 15.8 Å². The van der Waals surface area contributed by atoms with Crippen LogP contribution in [0.25, 0.3) is 10.9 Å². The molecule has 2 aromatic carbocycles. The van der Waals surface area contributed by atoms with Crippen LogP contribution in [-0.4, -0.2) is 27.8 Å². The minimum atomic E-state index is -0.464. The van der Waals surface area contributed by atoms with E-state index in [0.717, 1.165) is 5.56 Å². The zero-order chi connectivity index (χ0) is 20.9. The van der Waals surface area contributed by atoms with Gasteiger partial charge >= 0.3 is 0 Å². The minimum Gasteiger partial charge on any atom is -0.310 e. The summed E-state index contributed by atoms with van der Waals surface area (Å²) in [4.78, 5) is 43.5. The molecule has 2 heterocycles. The lowest BCUT2D eigenvalue weighted by atomic mass is 10.0. The molecule has 1 saturated heterocycles. The van der Waals surface area contributed by atoms with Crippen LogP contribution in [0.4, 0.5) is 0 Å². The van der Waals surface area contributed by atoms with Crippen LogP contribution < -0.4 is 27.3 Å². The Labute approximate surface area is 172 Å². The number of aromatic amines is 1. The fourth-order valence-electron chi connectivity index (χ4n) is 3.40. The second-order valence-corrected chi connectivity index (χ2v) is 7.11. The molecule has 0 spiro atoms. The van der Waals surface area contributed by atoms with E-state index in [1.54, 1.807) is 24.3 Å². The molecule has 9 nitrogen and oxygen atoms in total. The van der Waals surface area contributed by atoms with Crippen molar-refractivity contribution in [3.63, 3.8) is 0 Å². The van der Waals surface area contributed by atoms with Gasteiger partial charge in [-0.2, -0.15) is 0 Å². The number of benzene rings is 2. The monoisotopic (exact) mass is 406 g/mol. The molecule has 9 heteroatoms. The van der Waals surface area contributed by atoms with E-state index in [4.69, 9.17) is 0 Å².